The highest BCUT2D eigenvalue weighted by molar-refractivity contribution is 5.83. The molecule has 1 spiro atoms. The average Bonchev–Trinajstić information content (AvgIpc) is 2.89. The predicted molar refractivity (Wildman–Crippen MR) is 113 cm³/mol. The average molecular weight is 420 g/mol. The fourth-order valence-corrected chi connectivity index (χ4v) is 6.12. The Balaban J connectivity index is 1.56. The summed E-state index contributed by atoms with van der Waals surface area (Å²) in [5, 5.41) is 9.29. The number of hydrogen-bond acceptors (Lipinski definition) is 3. The molecule has 1 aliphatic heterocycles. The monoisotopic (exact) mass is 419 g/mol. The van der Waals surface area contributed by atoms with Gasteiger partial charge in [0.2, 0.25) is 0 Å². The number of carbonyl (C=O) groups excluding carboxylic acids is 1. The van der Waals surface area contributed by atoms with Crippen LogP contribution in [0.25, 0.3) is 0 Å². The number of aliphatic carboxylic acids is 1. The van der Waals surface area contributed by atoms with E-state index in [1.54, 1.807) is 12.2 Å². The summed E-state index contributed by atoms with van der Waals surface area (Å²) < 4.78 is 14.0. The van der Waals surface area contributed by atoms with Gasteiger partial charge in [-0.2, -0.15) is 0 Å². The van der Waals surface area contributed by atoms with Crippen LogP contribution < -0.4 is 0 Å². The van der Waals surface area contributed by atoms with E-state index in [9.17, 15) is 19.1 Å². The van der Waals surface area contributed by atoms with Crippen LogP contribution in [0, 0.1) is 11.8 Å². The van der Waals surface area contributed by atoms with Crippen LogP contribution in [-0.2, 0) is 4.79 Å². The first-order valence-electron chi connectivity index (χ1n) is 11.3. The van der Waals surface area contributed by atoms with Gasteiger partial charge in [-0.15, -0.1) is 0 Å². The second kappa shape index (κ2) is 7.98. The maximum absolute atomic E-state index is 14.0. The van der Waals surface area contributed by atoms with Gasteiger partial charge in [-0.1, -0.05) is 12.5 Å². The Bertz CT molecular complexity index is 751. The molecule has 0 aromatic carbocycles. The number of amides is 2. The molecule has 1 unspecified atom stereocenters. The van der Waals surface area contributed by atoms with Crippen LogP contribution in [-0.4, -0.2) is 76.6 Å². The first-order valence-corrected chi connectivity index (χ1v) is 11.3. The van der Waals surface area contributed by atoms with Crippen molar-refractivity contribution in [2.45, 2.75) is 62.4 Å². The molecule has 3 fully saturated rings. The lowest BCUT2D eigenvalue weighted by molar-refractivity contribution is -0.137. The van der Waals surface area contributed by atoms with Crippen molar-refractivity contribution < 1.29 is 19.1 Å². The number of carboxylic acids is 1. The van der Waals surface area contributed by atoms with Crippen LogP contribution in [0.4, 0.5) is 9.18 Å². The van der Waals surface area contributed by atoms with Gasteiger partial charge in [-0.05, 0) is 77.1 Å². The molecular weight excluding hydrogens is 385 g/mol. The van der Waals surface area contributed by atoms with E-state index in [0.29, 0.717) is 12.5 Å². The number of nitrogens with zero attached hydrogens (tertiary/aromatic N) is 3. The smallest absolute Gasteiger partial charge is 0.323 e. The van der Waals surface area contributed by atoms with Crippen LogP contribution in [0.15, 0.2) is 24.1 Å². The summed E-state index contributed by atoms with van der Waals surface area (Å²) in [6, 6.07) is -0.117. The van der Waals surface area contributed by atoms with E-state index in [1.165, 1.54) is 11.3 Å². The van der Waals surface area contributed by atoms with Crippen molar-refractivity contribution in [3.63, 3.8) is 0 Å². The number of rotatable bonds is 6. The molecule has 1 N–H and O–H groups in total. The molecule has 1 saturated heterocycles. The number of carboxylic acid groups (broad SMARTS) is 1. The summed E-state index contributed by atoms with van der Waals surface area (Å²) in [4.78, 5) is 30.2. The number of allylic oxidation sites excluding steroid dienone is 3. The SMILES string of the molecule is CN(C)C1(C2C=C(F)C=CC2)CCC2(CC1)CN(CC(=O)O)C(=O)N2CC1CCC1. The van der Waals surface area contributed by atoms with Crippen LogP contribution in [0.3, 0.4) is 0 Å². The van der Waals surface area contributed by atoms with Gasteiger partial charge in [0.25, 0.3) is 0 Å². The number of carbonyl (C=O) groups is 2. The quantitative estimate of drug-likeness (QED) is 0.714. The minimum absolute atomic E-state index is 0.113. The van der Waals surface area contributed by atoms with E-state index in [-0.39, 0.29) is 35.4 Å². The first-order chi connectivity index (χ1) is 14.3. The molecule has 1 heterocycles. The Hall–Kier alpha value is -1.89. The summed E-state index contributed by atoms with van der Waals surface area (Å²) in [6.07, 6.45) is 13.0. The minimum atomic E-state index is -0.961. The highest BCUT2D eigenvalue weighted by Gasteiger charge is 2.56. The lowest BCUT2D eigenvalue weighted by Crippen LogP contribution is -2.60. The number of urea groups is 1. The van der Waals surface area contributed by atoms with Gasteiger partial charge in [0, 0.05) is 24.5 Å². The van der Waals surface area contributed by atoms with Crippen molar-refractivity contribution in [3.8, 4) is 0 Å². The Kier molecular flexibility index (Phi) is 5.68. The summed E-state index contributed by atoms with van der Waals surface area (Å²) in [5.74, 6) is -0.473. The molecule has 166 valence electrons. The fourth-order valence-electron chi connectivity index (χ4n) is 6.12. The second-order valence-electron chi connectivity index (χ2n) is 9.96. The molecule has 6 nitrogen and oxygen atoms in total. The van der Waals surface area contributed by atoms with Crippen molar-refractivity contribution >= 4 is 12.0 Å². The lowest BCUT2D eigenvalue weighted by atomic mass is 9.64. The normalized spacial score (nSPS) is 34.6. The van der Waals surface area contributed by atoms with Crippen LogP contribution in [0.1, 0.15) is 51.4 Å². The zero-order valence-electron chi connectivity index (χ0n) is 18.1. The molecule has 2 saturated carbocycles. The highest BCUT2D eigenvalue weighted by Crippen LogP contribution is 2.49. The molecule has 7 heteroatoms. The van der Waals surface area contributed by atoms with Crippen LogP contribution in [0.5, 0.6) is 0 Å². The molecule has 1 atom stereocenters. The molecule has 0 radical (unpaired) electrons. The summed E-state index contributed by atoms with van der Waals surface area (Å²) in [7, 11) is 4.15. The topological polar surface area (TPSA) is 64.1 Å². The molecule has 30 heavy (non-hydrogen) atoms. The standard InChI is InChI=1S/C23H34FN3O3/c1-25(2)23(18-7-4-8-19(24)13-18)11-9-22(10-12-23)16-26(15-20(28)29)21(30)27(22)14-17-5-3-6-17/h4,8,13,17-18H,3,5-7,9-12,14-16H2,1-2H3,(H,28,29). The van der Waals surface area contributed by atoms with Gasteiger partial charge in [0.05, 0.1) is 5.54 Å². The third-order valence-corrected chi connectivity index (χ3v) is 8.21. The summed E-state index contributed by atoms with van der Waals surface area (Å²) in [6.45, 7) is 0.996. The zero-order chi connectivity index (χ0) is 21.5. The van der Waals surface area contributed by atoms with Gasteiger partial charge in [0.15, 0.2) is 0 Å². The maximum atomic E-state index is 14.0. The first kappa shape index (κ1) is 21.3. The molecule has 0 bridgehead atoms. The second-order valence-corrected chi connectivity index (χ2v) is 9.96. The van der Waals surface area contributed by atoms with Gasteiger partial charge < -0.3 is 19.8 Å². The fraction of sp³-hybridized carbons (Fsp3) is 0.739. The Morgan fingerprint density at radius 1 is 1.27 bits per heavy atom. The highest BCUT2D eigenvalue weighted by atomic mass is 19.1. The van der Waals surface area contributed by atoms with Gasteiger partial charge in [-0.3, -0.25) is 4.79 Å². The lowest BCUT2D eigenvalue weighted by Gasteiger charge is -2.54. The Morgan fingerprint density at radius 2 is 1.97 bits per heavy atom. The minimum Gasteiger partial charge on any atom is -0.480 e. The van der Waals surface area contributed by atoms with E-state index in [4.69, 9.17) is 0 Å². The maximum Gasteiger partial charge on any atom is 0.323 e. The summed E-state index contributed by atoms with van der Waals surface area (Å²) in [5.41, 5.74) is -0.437. The number of hydrogen-bond donors (Lipinski definition) is 1. The Labute approximate surface area is 178 Å². The Morgan fingerprint density at radius 3 is 2.50 bits per heavy atom. The molecular formula is C23H34FN3O3. The van der Waals surface area contributed by atoms with Crippen LogP contribution in [0.2, 0.25) is 0 Å². The molecule has 4 rings (SSSR count). The third-order valence-electron chi connectivity index (χ3n) is 8.21. The van der Waals surface area contributed by atoms with Crippen molar-refractivity contribution in [1.29, 1.82) is 0 Å². The molecule has 3 aliphatic carbocycles. The van der Waals surface area contributed by atoms with E-state index < -0.39 is 5.97 Å². The van der Waals surface area contributed by atoms with Gasteiger partial charge >= 0.3 is 12.0 Å². The van der Waals surface area contributed by atoms with Gasteiger partial charge in [-0.25, -0.2) is 9.18 Å². The molecule has 4 aliphatic rings. The van der Waals surface area contributed by atoms with E-state index >= 15 is 0 Å². The van der Waals surface area contributed by atoms with Crippen molar-refractivity contribution in [2.24, 2.45) is 11.8 Å². The van der Waals surface area contributed by atoms with Crippen molar-refractivity contribution in [2.75, 3.05) is 33.7 Å². The molecule has 0 aromatic heterocycles. The van der Waals surface area contributed by atoms with E-state index in [1.807, 2.05) is 11.0 Å². The largest absolute Gasteiger partial charge is 0.480 e. The van der Waals surface area contributed by atoms with E-state index in [2.05, 4.69) is 19.0 Å². The molecule has 0 aromatic rings. The zero-order valence-corrected chi connectivity index (χ0v) is 18.1. The van der Waals surface area contributed by atoms with Crippen molar-refractivity contribution in [1.82, 2.24) is 14.7 Å². The third kappa shape index (κ3) is 3.66. The summed E-state index contributed by atoms with van der Waals surface area (Å²) >= 11 is 0. The van der Waals surface area contributed by atoms with Gasteiger partial charge in [0.1, 0.15) is 12.4 Å². The van der Waals surface area contributed by atoms with Crippen LogP contribution >= 0.6 is 0 Å². The predicted octanol–water partition coefficient (Wildman–Crippen LogP) is 3.65. The van der Waals surface area contributed by atoms with E-state index in [0.717, 1.165) is 51.5 Å². The molecule has 2 amide bonds. The number of halogens is 1. The van der Waals surface area contributed by atoms with Crippen molar-refractivity contribution in [3.05, 3.63) is 24.1 Å².